The van der Waals surface area contributed by atoms with Crippen LogP contribution in [0.2, 0.25) is 0 Å². The first kappa shape index (κ1) is 11.0. The molecule has 0 fully saturated rings. The van der Waals surface area contributed by atoms with Crippen LogP contribution in [-0.4, -0.2) is 19.7 Å². The molecule has 2 aromatic rings. The molecular formula is C10H11N7. The van der Waals surface area contributed by atoms with Gasteiger partial charge in [0.25, 0.3) is 0 Å². The Bertz CT molecular complexity index is 561. The molecule has 0 amide bonds. The van der Waals surface area contributed by atoms with E-state index < -0.39 is 0 Å². The van der Waals surface area contributed by atoms with Crippen molar-refractivity contribution in [2.24, 2.45) is 5.73 Å². The summed E-state index contributed by atoms with van der Waals surface area (Å²) in [5.74, 6) is 1.20. The smallest absolute Gasteiger partial charge is 0.240 e. The molecule has 7 nitrogen and oxygen atoms in total. The average molecular weight is 229 g/mol. The normalized spacial score (nSPS) is 12.1. The SMILES string of the molecule is C[C@H](N)c1nc(N)nn1-c1ccc(C#N)cn1. The van der Waals surface area contributed by atoms with E-state index in [1.165, 1.54) is 10.9 Å². The van der Waals surface area contributed by atoms with Gasteiger partial charge in [0, 0.05) is 6.20 Å². The fraction of sp³-hybridized carbons (Fsp3) is 0.200. The standard InChI is InChI=1S/C10H11N7/c1-6(12)9-15-10(13)16-17(9)8-3-2-7(4-11)5-14-8/h2-3,5-6H,12H2,1H3,(H2,13,16)/t6-/m0/s1. The minimum Gasteiger partial charge on any atom is -0.366 e. The number of aromatic nitrogens is 4. The molecule has 0 bridgehead atoms. The molecule has 0 unspecified atom stereocenters. The molecule has 0 aliphatic carbocycles. The number of nitriles is 1. The predicted octanol–water partition coefficient (Wildman–Crippen LogP) is 0.136. The van der Waals surface area contributed by atoms with Crippen molar-refractivity contribution >= 4 is 5.95 Å². The van der Waals surface area contributed by atoms with Gasteiger partial charge in [-0.15, -0.1) is 5.10 Å². The van der Waals surface area contributed by atoms with E-state index in [9.17, 15) is 0 Å². The highest BCUT2D eigenvalue weighted by Crippen LogP contribution is 2.13. The third-order valence-electron chi connectivity index (χ3n) is 2.15. The zero-order valence-electron chi connectivity index (χ0n) is 9.20. The van der Waals surface area contributed by atoms with Gasteiger partial charge in [0.2, 0.25) is 5.95 Å². The lowest BCUT2D eigenvalue weighted by Crippen LogP contribution is -2.14. The molecule has 4 N–H and O–H groups in total. The summed E-state index contributed by atoms with van der Waals surface area (Å²) in [4.78, 5) is 8.13. The van der Waals surface area contributed by atoms with E-state index in [-0.39, 0.29) is 12.0 Å². The molecule has 0 radical (unpaired) electrons. The number of pyridine rings is 1. The molecule has 7 heteroatoms. The van der Waals surface area contributed by atoms with E-state index >= 15 is 0 Å². The minimum absolute atomic E-state index is 0.142. The first-order valence-corrected chi connectivity index (χ1v) is 4.96. The second kappa shape index (κ2) is 4.19. The summed E-state index contributed by atoms with van der Waals surface area (Å²) in [7, 11) is 0. The van der Waals surface area contributed by atoms with Crippen LogP contribution >= 0.6 is 0 Å². The monoisotopic (exact) mass is 229 g/mol. The quantitative estimate of drug-likeness (QED) is 0.755. The van der Waals surface area contributed by atoms with Crippen molar-refractivity contribution in [3.8, 4) is 11.9 Å². The van der Waals surface area contributed by atoms with E-state index in [1.807, 2.05) is 6.07 Å². The van der Waals surface area contributed by atoms with Crippen LogP contribution in [0.25, 0.3) is 5.82 Å². The van der Waals surface area contributed by atoms with Crippen LogP contribution in [-0.2, 0) is 0 Å². The fourth-order valence-corrected chi connectivity index (χ4v) is 1.38. The van der Waals surface area contributed by atoms with E-state index in [1.54, 1.807) is 19.1 Å². The summed E-state index contributed by atoms with van der Waals surface area (Å²) in [5, 5.41) is 12.7. The van der Waals surface area contributed by atoms with Crippen molar-refractivity contribution in [1.82, 2.24) is 19.7 Å². The number of nitrogen functional groups attached to an aromatic ring is 1. The van der Waals surface area contributed by atoms with Gasteiger partial charge >= 0.3 is 0 Å². The summed E-state index contributed by atoms with van der Waals surface area (Å²) >= 11 is 0. The molecule has 0 saturated heterocycles. The third kappa shape index (κ3) is 2.07. The zero-order chi connectivity index (χ0) is 12.4. The number of hydrogen-bond acceptors (Lipinski definition) is 6. The van der Waals surface area contributed by atoms with Crippen LogP contribution in [0.5, 0.6) is 0 Å². The molecule has 0 spiro atoms. The Morgan fingerprint density at radius 2 is 2.24 bits per heavy atom. The van der Waals surface area contributed by atoms with Crippen LogP contribution < -0.4 is 11.5 Å². The maximum atomic E-state index is 8.68. The molecule has 0 aliphatic rings. The van der Waals surface area contributed by atoms with Crippen molar-refractivity contribution in [3.63, 3.8) is 0 Å². The van der Waals surface area contributed by atoms with E-state index in [0.29, 0.717) is 17.2 Å². The van der Waals surface area contributed by atoms with Crippen molar-refractivity contribution < 1.29 is 0 Å². The number of anilines is 1. The van der Waals surface area contributed by atoms with Gasteiger partial charge < -0.3 is 11.5 Å². The summed E-state index contributed by atoms with van der Waals surface area (Å²) in [6.45, 7) is 1.78. The van der Waals surface area contributed by atoms with Gasteiger partial charge in [-0.05, 0) is 19.1 Å². The van der Waals surface area contributed by atoms with Gasteiger partial charge in [0.1, 0.15) is 6.07 Å². The summed E-state index contributed by atoms with van der Waals surface area (Å²) in [6, 6.07) is 4.99. The molecule has 1 atom stereocenters. The lowest BCUT2D eigenvalue weighted by atomic mass is 10.3. The Morgan fingerprint density at radius 1 is 1.47 bits per heavy atom. The summed E-state index contributed by atoms with van der Waals surface area (Å²) in [5.41, 5.74) is 11.8. The van der Waals surface area contributed by atoms with E-state index in [0.717, 1.165) is 0 Å². The topological polar surface area (TPSA) is 119 Å². The number of nitrogens with zero attached hydrogens (tertiary/aromatic N) is 5. The largest absolute Gasteiger partial charge is 0.366 e. The molecule has 2 rings (SSSR count). The first-order chi connectivity index (χ1) is 8.11. The van der Waals surface area contributed by atoms with Crippen molar-refractivity contribution in [3.05, 3.63) is 29.7 Å². The Balaban J connectivity index is 2.49. The molecule has 0 aromatic carbocycles. The molecule has 86 valence electrons. The average Bonchev–Trinajstić information content (AvgIpc) is 2.72. The van der Waals surface area contributed by atoms with Gasteiger partial charge in [0.15, 0.2) is 11.6 Å². The van der Waals surface area contributed by atoms with Crippen molar-refractivity contribution in [1.29, 1.82) is 5.26 Å². The van der Waals surface area contributed by atoms with Crippen LogP contribution in [0.3, 0.4) is 0 Å². The number of nitrogens with two attached hydrogens (primary N) is 2. The van der Waals surface area contributed by atoms with Crippen molar-refractivity contribution in [2.45, 2.75) is 13.0 Å². The van der Waals surface area contributed by atoms with Crippen molar-refractivity contribution in [2.75, 3.05) is 5.73 Å². The fourth-order valence-electron chi connectivity index (χ4n) is 1.38. The molecule has 0 aliphatic heterocycles. The van der Waals surface area contributed by atoms with Gasteiger partial charge in [-0.1, -0.05) is 0 Å². The van der Waals surface area contributed by atoms with E-state index in [4.69, 9.17) is 16.7 Å². The minimum atomic E-state index is -0.308. The van der Waals surface area contributed by atoms with Gasteiger partial charge in [-0.3, -0.25) is 0 Å². The second-order valence-corrected chi connectivity index (χ2v) is 3.55. The Morgan fingerprint density at radius 3 is 2.76 bits per heavy atom. The van der Waals surface area contributed by atoms with Crippen LogP contribution in [0.15, 0.2) is 18.3 Å². The molecule has 2 heterocycles. The third-order valence-corrected chi connectivity index (χ3v) is 2.15. The van der Waals surface area contributed by atoms with Gasteiger partial charge in [-0.25, -0.2) is 4.98 Å². The zero-order valence-corrected chi connectivity index (χ0v) is 9.20. The second-order valence-electron chi connectivity index (χ2n) is 3.55. The molecular weight excluding hydrogens is 218 g/mol. The maximum absolute atomic E-state index is 8.68. The lowest BCUT2D eigenvalue weighted by Gasteiger charge is -2.06. The number of hydrogen-bond donors (Lipinski definition) is 2. The molecule has 0 saturated carbocycles. The van der Waals surface area contributed by atoms with Crippen LogP contribution in [0, 0.1) is 11.3 Å². The lowest BCUT2D eigenvalue weighted by molar-refractivity contribution is 0.681. The number of rotatable bonds is 2. The Kier molecular flexibility index (Phi) is 2.72. The van der Waals surface area contributed by atoms with Gasteiger partial charge in [-0.2, -0.15) is 14.9 Å². The highest BCUT2D eigenvalue weighted by Gasteiger charge is 2.14. The van der Waals surface area contributed by atoms with Gasteiger partial charge in [0.05, 0.1) is 11.6 Å². The van der Waals surface area contributed by atoms with Crippen LogP contribution in [0.1, 0.15) is 24.4 Å². The first-order valence-electron chi connectivity index (χ1n) is 4.96. The Hall–Kier alpha value is -2.46. The summed E-state index contributed by atoms with van der Waals surface area (Å²) in [6.07, 6.45) is 1.46. The Labute approximate surface area is 97.7 Å². The summed E-state index contributed by atoms with van der Waals surface area (Å²) < 4.78 is 1.47. The molecule has 17 heavy (non-hydrogen) atoms. The van der Waals surface area contributed by atoms with Crippen LogP contribution in [0.4, 0.5) is 5.95 Å². The maximum Gasteiger partial charge on any atom is 0.240 e. The highest BCUT2D eigenvalue weighted by molar-refractivity contribution is 5.33. The predicted molar refractivity (Wildman–Crippen MR) is 60.9 cm³/mol. The highest BCUT2D eigenvalue weighted by atomic mass is 15.4. The molecule has 2 aromatic heterocycles. The van der Waals surface area contributed by atoms with E-state index in [2.05, 4.69) is 15.1 Å².